The summed E-state index contributed by atoms with van der Waals surface area (Å²) >= 11 is 3.39. The van der Waals surface area contributed by atoms with Crippen LogP contribution in [-0.2, 0) is 13.6 Å². The molecule has 0 amide bonds. The Morgan fingerprint density at radius 2 is 2.11 bits per heavy atom. The number of carbonyl (C=O) groups is 1. The third-order valence-electron chi connectivity index (χ3n) is 2.65. The summed E-state index contributed by atoms with van der Waals surface area (Å²) in [5.41, 5.74) is 1.000. The van der Waals surface area contributed by atoms with Gasteiger partial charge >= 0.3 is 5.97 Å². The smallest absolute Gasteiger partial charge is 0.356 e. The van der Waals surface area contributed by atoms with Crippen molar-refractivity contribution in [2.45, 2.75) is 13.5 Å². The summed E-state index contributed by atoms with van der Waals surface area (Å²) in [4.78, 5) is 22.5. The third kappa shape index (κ3) is 2.58. The van der Waals surface area contributed by atoms with Crippen LogP contribution in [0.1, 0.15) is 21.9 Å². The van der Waals surface area contributed by atoms with Crippen molar-refractivity contribution in [2.75, 3.05) is 0 Å². The molecule has 0 atom stereocenters. The molecule has 2 heterocycles. The molecule has 0 saturated carbocycles. The minimum atomic E-state index is -1.17. The van der Waals surface area contributed by atoms with E-state index in [0.717, 1.165) is 20.5 Å². The quantitative estimate of drug-likeness (QED) is 0.900. The molecule has 0 fully saturated rings. The number of carboxylic acids is 1. The lowest BCUT2D eigenvalue weighted by Crippen LogP contribution is -2.25. The number of aryl methyl sites for hydroxylation is 2. The summed E-state index contributed by atoms with van der Waals surface area (Å²) in [5.74, 6) is -1.17. The largest absolute Gasteiger partial charge is 0.476 e. The average Bonchev–Trinajstić information content (AvgIpc) is 2.58. The SMILES string of the molecule is Cc1nn(C)c(Cn2nc(C(=O)O)ccc2=O)c1Br. The zero-order chi connectivity index (χ0) is 14.2. The normalized spacial score (nSPS) is 10.7. The maximum absolute atomic E-state index is 11.7. The Morgan fingerprint density at radius 1 is 1.42 bits per heavy atom. The van der Waals surface area contributed by atoms with E-state index in [0.29, 0.717) is 0 Å². The Balaban J connectivity index is 2.46. The highest BCUT2D eigenvalue weighted by molar-refractivity contribution is 9.10. The van der Waals surface area contributed by atoms with Crippen LogP contribution in [-0.4, -0.2) is 30.6 Å². The Labute approximate surface area is 116 Å². The first-order valence-electron chi connectivity index (χ1n) is 5.39. The fraction of sp³-hybridized carbons (Fsp3) is 0.273. The van der Waals surface area contributed by atoms with E-state index in [9.17, 15) is 9.59 Å². The summed E-state index contributed by atoms with van der Waals surface area (Å²) in [7, 11) is 1.75. The maximum Gasteiger partial charge on any atom is 0.356 e. The molecular formula is C11H11BrN4O3. The van der Waals surface area contributed by atoms with Gasteiger partial charge in [0.15, 0.2) is 5.69 Å². The fourth-order valence-electron chi connectivity index (χ4n) is 1.67. The standard InChI is InChI=1S/C11H11BrN4O3/c1-6-10(12)8(15(2)13-6)5-16-9(17)4-3-7(14-16)11(18)19/h3-4H,5H2,1-2H3,(H,18,19). The summed E-state index contributed by atoms with van der Waals surface area (Å²) in [6.07, 6.45) is 0. The molecule has 0 bridgehead atoms. The average molecular weight is 327 g/mol. The number of hydrogen-bond acceptors (Lipinski definition) is 4. The number of carboxylic acid groups (broad SMARTS) is 1. The zero-order valence-electron chi connectivity index (χ0n) is 10.3. The number of aromatic nitrogens is 4. The second-order valence-electron chi connectivity index (χ2n) is 3.99. The monoisotopic (exact) mass is 326 g/mol. The van der Waals surface area contributed by atoms with E-state index in [-0.39, 0.29) is 17.8 Å². The molecular weight excluding hydrogens is 316 g/mol. The molecule has 2 rings (SSSR count). The summed E-state index contributed by atoms with van der Waals surface area (Å²) in [6, 6.07) is 2.37. The lowest BCUT2D eigenvalue weighted by atomic mass is 10.3. The summed E-state index contributed by atoms with van der Waals surface area (Å²) in [5, 5.41) is 16.9. The molecule has 100 valence electrons. The van der Waals surface area contributed by atoms with E-state index in [1.165, 1.54) is 12.1 Å². The molecule has 2 aromatic heterocycles. The van der Waals surface area contributed by atoms with Crippen molar-refractivity contribution in [3.63, 3.8) is 0 Å². The van der Waals surface area contributed by atoms with Gasteiger partial charge in [0.2, 0.25) is 0 Å². The highest BCUT2D eigenvalue weighted by Crippen LogP contribution is 2.20. The van der Waals surface area contributed by atoms with Crippen molar-refractivity contribution >= 4 is 21.9 Å². The van der Waals surface area contributed by atoms with E-state index >= 15 is 0 Å². The van der Waals surface area contributed by atoms with Crippen molar-refractivity contribution in [3.8, 4) is 0 Å². The van der Waals surface area contributed by atoms with E-state index < -0.39 is 5.97 Å². The van der Waals surface area contributed by atoms with Gasteiger partial charge in [0.05, 0.1) is 22.4 Å². The van der Waals surface area contributed by atoms with Crippen LogP contribution < -0.4 is 5.56 Å². The van der Waals surface area contributed by atoms with Crippen molar-refractivity contribution in [1.29, 1.82) is 0 Å². The van der Waals surface area contributed by atoms with Gasteiger partial charge in [-0.25, -0.2) is 9.48 Å². The van der Waals surface area contributed by atoms with Gasteiger partial charge in [-0.05, 0) is 28.9 Å². The van der Waals surface area contributed by atoms with E-state index in [1.54, 1.807) is 11.7 Å². The number of halogens is 1. The van der Waals surface area contributed by atoms with Crippen LogP contribution in [0.4, 0.5) is 0 Å². The molecule has 0 aliphatic rings. The van der Waals surface area contributed by atoms with E-state index in [1.807, 2.05) is 6.92 Å². The summed E-state index contributed by atoms with van der Waals surface area (Å²) in [6.45, 7) is 1.98. The fourth-order valence-corrected chi connectivity index (χ4v) is 2.13. The van der Waals surface area contributed by atoms with Crippen LogP contribution in [0, 0.1) is 6.92 Å². The van der Waals surface area contributed by atoms with Crippen LogP contribution in [0.25, 0.3) is 0 Å². The second kappa shape index (κ2) is 4.96. The lowest BCUT2D eigenvalue weighted by Gasteiger charge is -2.06. The van der Waals surface area contributed by atoms with Crippen LogP contribution in [0.5, 0.6) is 0 Å². The molecule has 1 N–H and O–H groups in total. The first-order valence-corrected chi connectivity index (χ1v) is 6.19. The van der Waals surface area contributed by atoms with Crippen LogP contribution in [0.3, 0.4) is 0 Å². The molecule has 0 aromatic carbocycles. The van der Waals surface area contributed by atoms with Gasteiger partial charge in [-0.3, -0.25) is 9.48 Å². The highest BCUT2D eigenvalue weighted by Gasteiger charge is 2.14. The van der Waals surface area contributed by atoms with E-state index in [4.69, 9.17) is 5.11 Å². The summed E-state index contributed by atoms with van der Waals surface area (Å²) < 4.78 is 3.51. The molecule has 7 nitrogen and oxygen atoms in total. The molecule has 19 heavy (non-hydrogen) atoms. The topological polar surface area (TPSA) is 90.0 Å². The van der Waals surface area contributed by atoms with Crippen molar-refractivity contribution in [3.05, 3.63) is 44.0 Å². The molecule has 0 aliphatic carbocycles. The zero-order valence-corrected chi connectivity index (χ0v) is 11.9. The lowest BCUT2D eigenvalue weighted by molar-refractivity contribution is 0.0687. The molecule has 0 spiro atoms. The second-order valence-corrected chi connectivity index (χ2v) is 4.78. The minimum absolute atomic E-state index is 0.151. The third-order valence-corrected chi connectivity index (χ3v) is 3.68. The van der Waals surface area contributed by atoms with Gasteiger partial charge in [0, 0.05) is 13.1 Å². The predicted octanol–water partition coefficient (Wildman–Crippen LogP) is 0.794. The Morgan fingerprint density at radius 3 is 2.63 bits per heavy atom. The molecule has 0 unspecified atom stereocenters. The first-order chi connectivity index (χ1) is 8.90. The maximum atomic E-state index is 11.7. The molecule has 0 aliphatic heterocycles. The van der Waals surface area contributed by atoms with Gasteiger partial charge in [-0.15, -0.1) is 0 Å². The van der Waals surface area contributed by atoms with Gasteiger partial charge in [-0.2, -0.15) is 10.2 Å². The Hall–Kier alpha value is -1.96. The van der Waals surface area contributed by atoms with Crippen LogP contribution in [0.15, 0.2) is 21.4 Å². The number of rotatable bonds is 3. The number of nitrogens with zero attached hydrogens (tertiary/aromatic N) is 4. The van der Waals surface area contributed by atoms with Gasteiger partial charge in [0.25, 0.3) is 5.56 Å². The van der Waals surface area contributed by atoms with Gasteiger partial charge < -0.3 is 5.11 Å². The molecule has 0 radical (unpaired) electrons. The molecule has 8 heteroatoms. The van der Waals surface area contributed by atoms with E-state index in [2.05, 4.69) is 26.1 Å². The predicted molar refractivity (Wildman–Crippen MR) is 70.2 cm³/mol. The van der Waals surface area contributed by atoms with Crippen molar-refractivity contribution in [1.82, 2.24) is 19.6 Å². The highest BCUT2D eigenvalue weighted by atomic mass is 79.9. The minimum Gasteiger partial charge on any atom is -0.476 e. The number of aromatic carboxylic acids is 1. The molecule has 0 saturated heterocycles. The Bertz CT molecular complexity index is 704. The first kappa shape index (κ1) is 13.5. The van der Waals surface area contributed by atoms with Crippen LogP contribution >= 0.6 is 15.9 Å². The van der Waals surface area contributed by atoms with Gasteiger partial charge in [0.1, 0.15) is 0 Å². The van der Waals surface area contributed by atoms with Crippen molar-refractivity contribution < 1.29 is 9.90 Å². The van der Waals surface area contributed by atoms with Crippen LogP contribution in [0.2, 0.25) is 0 Å². The number of hydrogen-bond donors (Lipinski definition) is 1. The van der Waals surface area contributed by atoms with Gasteiger partial charge in [-0.1, -0.05) is 0 Å². The van der Waals surface area contributed by atoms with Crippen molar-refractivity contribution in [2.24, 2.45) is 7.05 Å². The Kier molecular flexibility index (Phi) is 3.52. The molecule has 2 aromatic rings.